The molecule has 0 saturated heterocycles. The lowest BCUT2D eigenvalue weighted by molar-refractivity contribution is 0.0935. The molecule has 1 aromatic heterocycles. The Morgan fingerprint density at radius 1 is 1.21 bits per heavy atom. The van der Waals surface area contributed by atoms with E-state index in [4.69, 9.17) is 27.4 Å². The van der Waals surface area contributed by atoms with Crippen LogP contribution in [0, 0.1) is 0 Å². The molecule has 1 heterocycles. The molecule has 3 aromatic rings. The highest BCUT2D eigenvalue weighted by Crippen LogP contribution is 2.34. The number of hydrogen-bond donors (Lipinski definition) is 0. The number of Topliss-reactive ketones (excluding diaryl/α,β-unsaturated/α-hetero) is 1. The summed E-state index contributed by atoms with van der Waals surface area (Å²) in [6, 6.07) is 13.4. The van der Waals surface area contributed by atoms with Crippen LogP contribution in [-0.2, 0) is 27.3 Å². The maximum absolute atomic E-state index is 13.6. The van der Waals surface area contributed by atoms with Gasteiger partial charge in [0.2, 0.25) is 5.78 Å². The second-order valence-electron chi connectivity index (χ2n) is 8.60. The van der Waals surface area contributed by atoms with Gasteiger partial charge in [0.05, 0.1) is 28.8 Å². The molecule has 0 spiro atoms. The van der Waals surface area contributed by atoms with Crippen molar-refractivity contribution in [3.8, 4) is 0 Å². The van der Waals surface area contributed by atoms with Crippen molar-refractivity contribution in [1.82, 2.24) is 9.55 Å². The Labute approximate surface area is 210 Å². The average molecular weight is 521 g/mol. The second kappa shape index (κ2) is 10.6. The number of aromatic nitrogens is 2. The summed E-state index contributed by atoms with van der Waals surface area (Å²) in [6.07, 6.45) is 7.57. The van der Waals surface area contributed by atoms with Crippen molar-refractivity contribution in [3.05, 3.63) is 87.4 Å². The van der Waals surface area contributed by atoms with Crippen LogP contribution in [-0.4, -0.2) is 36.6 Å². The predicted molar refractivity (Wildman–Crippen MR) is 133 cm³/mol. The van der Waals surface area contributed by atoms with Crippen LogP contribution in [0.15, 0.2) is 54.9 Å². The van der Waals surface area contributed by atoms with E-state index < -0.39 is 10.1 Å². The lowest BCUT2D eigenvalue weighted by Gasteiger charge is -2.25. The van der Waals surface area contributed by atoms with E-state index in [1.54, 1.807) is 24.5 Å². The van der Waals surface area contributed by atoms with Crippen molar-refractivity contribution in [2.24, 2.45) is 0 Å². The summed E-state index contributed by atoms with van der Waals surface area (Å²) in [6.45, 7) is 0.429. The molecule has 2 atom stereocenters. The van der Waals surface area contributed by atoms with Gasteiger partial charge < -0.3 is 4.57 Å². The first-order valence-corrected chi connectivity index (χ1v) is 13.7. The molecule has 0 saturated carbocycles. The van der Waals surface area contributed by atoms with Crippen LogP contribution in [0.5, 0.6) is 0 Å². The molecule has 1 aliphatic rings. The van der Waals surface area contributed by atoms with Crippen molar-refractivity contribution < 1.29 is 17.4 Å². The van der Waals surface area contributed by atoms with Crippen LogP contribution in [0.3, 0.4) is 0 Å². The van der Waals surface area contributed by atoms with Gasteiger partial charge in [-0.15, -0.1) is 0 Å². The van der Waals surface area contributed by atoms with E-state index in [2.05, 4.69) is 11.1 Å². The van der Waals surface area contributed by atoms with E-state index in [1.165, 1.54) is 5.56 Å². The van der Waals surface area contributed by atoms with E-state index in [-0.39, 0.29) is 24.2 Å². The molecule has 0 bridgehead atoms. The van der Waals surface area contributed by atoms with Crippen molar-refractivity contribution in [1.29, 1.82) is 0 Å². The van der Waals surface area contributed by atoms with Gasteiger partial charge in [-0.3, -0.25) is 8.98 Å². The fourth-order valence-corrected chi connectivity index (χ4v) is 5.28. The summed E-state index contributed by atoms with van der Waals surface area (Å²) in [5.74, 6) is 0.00669. The van der Waals surface area contributed by atoms with Crippen LogP contribution < -0.4 is 0 Å². The number of rotatable bonds is 9. The van der Waals surface area contributed by atoms with Crippen LogP contribution >= 0.6 is 23.2 Å². The summed E-state index contributed by atoms with van der Waals surface area (Å²) < 4.78 is 29.8. The number of fused-ring (bicyclic) bond motifs is 1. The van der Waals surface area contributed by atoms with Gasteiger partial charge in [-0.1, -0.05) is 53.5 Å². The van der Waals surface area contributed by atoms with Crippen LogP contribution in [0.4, 0.5) is 0 Å². The maximum Gasteiger partial charge on any atom is 0.264 e. The van der Waals surface area contributed by atoms with E-state index in [0.29, 0.717) is 28.8 Å². The van der Waals surface area contributed by atoms with Crippen LogP contribution in [0.25, 0.3) is 0 Å². The summed E-state index contributed by atoms with van der Waals surface area (Å²) in [5, 5.41) is 0.847. The zero-order valence-corrected chi connectivity index (χ0v) is 21.1. The average Bonchev–Trinajstić information content (AvgIpc) is 3.27. The van der Waals surface area contributed by atoms with Gasteiger partial charge >= 0.3 is 0 Å². The van der Waals surface area contributed by atoms with Gasteiger partial charge in [-0.25, -0.2) is 4.98 Å². The van der Waals surface area contributed by atoms with E-state index in [9.17, 15) is 13.2 Å². The zero-order valence-electron chi connectivity index (χ0n) is 18.8. The number of hydrogen-bond acceptors (Lipinski definition) is 5. The van der Waals surface area contributed by atoms with E-state index in [0.717, 1.165) is 36.6 Å². The number of carbonyl (C=O) groups excluding carboxylic acids is 1. The van der Waals surface area contributed by atoms with Crippen molar-refractivity contribution in [3.63, 3.8) is 0 Å². The molecule has 0 radical (unpaired) electrons. The Kier molecular flexibility index (Phi) is 7.77. The summed E-state index contributed by atoms with van der Waals surface area (Å²) >= 11 is 12.3. The largest absolute Gasteiger partial charge is 0.328 e. The third kappa shape index (κ3) is 5.89. The van der Waals surface area contributed by atoms with Crippen molar-refractivity contribution >= 4 is 39.1 Å². The molecule has 0 N–H and O–H groups in total. The monoisotopic (exact) mass is 520 g/mol. The quantitative estimate of drug-likeness (QED) is 0.269. The summed E-state index contributed by atoms with van der Waals surface area (Å²) in [7, 11) is -3.56. The molecule has 34 heavy (non-hydrogen) atoms. The summed E-state index contributed by atoms with van der Waals surface area (Å²) in [4.78, 5) is 18.0. The normalized spacial score (nSPS) is 16.7. The first-order chi connectivity index (χ1) is 16.2. The Morgan fingerprint density at radius 2 is 2.00 bits per heavy atom. The third-order valence-corrected chi connectivity index (χ3v) is 7.55. The fourth-order valence-electron chi connectivity index (χ4n) is 4.57. The minimum atomic E-state index is -3.56. The molecule has 0 aliphatic heterocycles. The van der Waals surface area contributed by atoms with Gasteiger partial charge in [0.1, 0.15) is 0 Å². The molecular weight excluding hydrogens is 495 g/mol. The van der Waals surface area contributed by atoms with Gasteiger partial charge in [0.15, 0.2) is 5.82 Å². The van der Waals surface area contributed by atoms with Gasteiger partial charge in [0, 0.05) is 24.9 Å². The number of carbonyl (C=O) groups is 1. The highest BCUT2D eigenvalue weighted by Gasteiger charge is 2.30. The van der Waals surface area contributed by atoms with Crippen molar-refractivity contribution in [2.45, 2.75) is 44.1 Å². The number of aryl methyl sites for hydroxylation is 1. The van der Waals surface area contributed by atoms with E-state index >= 15 is 0 Å². The number of benzene rings is 2. The predicted octanol–water partition coefficient (Wildman–Crippen LogP) is 5.64. The highest BCUT2D eigenvalue weighted by molar-refractivity contribution is 7.85. The first kappa shape index (κ1) is 24.9. The maximum atomic E-state index is 13.6. The Morgan fingerprint density at radius 3 is 2.76 bits per heavy atom. The smallest absolute Gasteiger partial charge is 0.264 e. The highest BCUT2D eigenvalue weighted by atomic mass is 35.5. The molecule has 1 unspecified atom stereocenters. The molecule has 9 heteroatoms. The van der Waals surface area contributed by atoms with Gasteiger partial charge in [-0.05, 0) is 54.5 Å². The lowest BCUT2D eigenvalue weighted by atomic mass is 9.80. The van der Waals surface area contributed by atoms with Gasteiger partial charge in [0.25, 0.3) is 10.1 Å². The molecule has 4 rings (SSSR count). The van der Waals surface area contributed by atoms with Crippen molar-refractivity contribution in [2.75, 3.05) is 12.9 Å². The van der Waals surface area contributed by atoms with Crippen LogP contribution in [0.1, 0.15) is 58.4 Å². The molecular formula is C25H26Cl2N2O4S. The number of nitrogens with zero attached hydrogens (tertiary/aromatic N) is 2. The number of imidazole rings is 1. The summed E-state index contributed by atoms with van der Waals surface area (Å²) in [5.41, 5.74) is 3.18. The Balaban J connectivity index is 1.60. The zero-order chi connectivity index (χ0) is 24.3. The molecule has 0 fully saturated rings. The number of ketones is 1. The topological polar surface area (TPSA) is 78.3 Å². The third-order valence-electron chi connectivity index (χ3n) is 6.22. The van der Waals surface area contributed by atoms with Gasteiger partial charge in [-0.2, -0.15) is 8.42 Å². The molecule has 180 valence electrons. The molecule has 0 amide bonds. The minimum absolute atomic E-state index is 0.00238. The molecule has 6 nitrogen and oxygen atoms in total. The molecule has 2 aromatic carbocycles. The molecule has 1 aliphatic carbocycles. The first-order valence-electron chi connectivity index (χ1n) is 11.2. The fraction of sp³-hybridized carbons (Fsp3) is 0.360. The Bertz CT molecular complexity index is 1290. The minimum Gasteiger partial charge on any atom is -0.328 e. The Hall–Kier alpha value is -2.19. The SMILES string of the molecule is CS(=O)(=O)OCC[C@H](Cn1ccnc1C(=O)C1CCCc2ccccc21)c1ccc(Cl)c(Cl)c1. The lowest BCUT2D eigenvalue weighted by Crippen LogP contribution is -2.23. The van der Waals surface area contributed by atoms with E-state index in [1.807, 2.05) is 28.8 Å². The second-order valence-corrected chi connectivity index (χ2v) is 11.1. The number of halogens is 2. The van der Waals surface area contributed by atoms with Crippen LogP contribution in [0.2, 0.25) is 10.0 Å². The standard InChI is InChI=1S/C25H26Cl2N2O4S/c1-34(31,32)33-14-11-19(18-9-10-22(26)23(27)15-18)16-29-13-12-28-25(29)24(30)21-8-4-6-17-5-2-3-7-20(17)21/h2-3,5,7,9-10,12-13,15,19,21H,4,6,8,11,14,16H2,1H3/t19-,21?/m1/s1.